The predicted octanol–water partition coefficient (Wildman–Crippen LogP) is 5.19. The second-order valence-electron chi connectivity index (χ2n) is 10.2. The van der Waals surface area contributed by atoms with Gasteiger partial charge in [0.2, 0.25) is 0 Å². The van der Waals surface area contributed by atoms with E-state index in [1.165, 1.54) is 12.1 Å². The van der Waals surface area contributed by atoms with E-state index >= 15 is 0 Å². The topological polar surface area (TPSA) is 88.0 Å². The van der Waals surface area contributed by atoms with Crippen LogP contribution >= 0.6 is 0 Å². The van der Waals surface area contributed by atoms with Gasteiger partial charge in [0, 0.05) is 36.1 Å². The van der Waals surface area contributed by atoms with Gasteiger partial charge in [-0.25, -0.2) is 4.39 Å². The fraction of sp³-hybridized carbons (Fsp3) is 0.333. The summed E-state index contributed by atoms with van der Waals surface area (Å²) < 4.78 is 23.2. The molecule has 0 spiro atoms. The standard InChI is InChI=1S/C27H30FN7/c1-27(2,3)16-31-25-18(13-29)14-30-23-11-8-20(12-22(23)25)32-26(17-4-6-19(28)7-5-17)24-15-35(34-33-24)21-9-10-21/h4-8,11-12,14-15,21,26,32-34H,9-10,16H2,1-3H3,(H,30,31)/t26-/m0/s1/i26D. The van der Waals surface area contributed by atoms with Crippen LogP contribution in [0.1, 0.15) is 52.1 Å². The molecule has 2 aliphatic rings. The van der Waals surface area contributed by atoms with Gasteiger partial charge < -0.3 is 16.1 Å². The number of hydrogen-bond acceptors (Lipinski definition) is 7. The van der Waals surface area contributed by atoms with Crippen LogP contribution in [0.4, 0.5) is 15.8 Å². The van der Waals surface area contributed by atoms with Crippen LogP contribution in [0, 0.1) is 22.6 Å². The summed E-state index contributed by atoms with van der Waals surface area (Å²) in [5.74, 6) is -0.359. The van der Waals surface area contributed by atoms with Crippen LogP contribution < -0.4 is 21.6 Å². The molecule has 4 N–H and O–H groups in total. The van der Waals surface area contributed by atoms with Crippen LogP contribution in [0.3, 0.4) is 0 Å². The third kappa shape index (κ3) is 5.15. The highest BCUT2D eigenvalue weighted by atomic mass is 19.1. The van der Waals surface area contributed by atoms with Crippen molar-refractivity contribution in [1.29, 1.82) is 5.26 Å². The summed E-state index contributed by atoms with van der Waals surface area (Å²) in [6.45, 7) is 7.05. The first-order valence-electron chi connectivity index (χ1n) is 12.3. The molecule has 8 heteroatoms. The zero-order valence-electron chi connectivity index (χ0n) is 21.1. The highest BCUT2D eigenvalue weighted by Gasteiger charge is 2.32. The highest BCUT2D eigenvalue weighted by Crippen LogP contribution is 2.34. The van der Waals surface area contributed by atoms with Crippen molar-refractivity contribution in [1.82, 2.24) is 21.0 Å². The number of hydrogen-bond donors (Lipinski definition) is 4. The lowest BCUT2D eigenvalue weighted by atomic mass is 9.96. The molecule has 2 heterocycles. The Morgan fingerprint density at radius 1 is 1.26 bits per heavy atom. The molecule has 0 unspecified atom stereocenters. The van der Waals surface area contributed by atoms with E-state index in [1.807, 2.05) is 29.4 Å². The largest absolute Gasteiger partial charge is 0.383 e. The van der Waals surface area contributed by atoms with E-state index in [4.69, 9.17) is 0 Å². The summed E-state index contributed by atoms with van der Waals surface area (Å²) >= 11 is 0. The molecule has 180 valence electrons. The molecule has 1 saturated carbocycles. The van der Waals surface area contributed by atoms with Crippen molar-refractivity contribution in [2.75, 3.05) is 17.2 Å². The summed E-state index contributed by atoms with van der Waals surface area (Å²) in [5, 5.41) is 19.3. The van der Waals surface area contributed by atoms with E-state index in [2.05, 4.69) is 53.4 Å². The van der Waals surface area contributed by atoms with Gasteiger partial charge in [0.25, 0.3) is 0 Å². The Morgan fingerprint density at radius 2 is 2.03 bits per heavy atom. The molecule has 0 radical (unpaired) electrons. The Balaban J connectivity index is 1.56. The number of nitrogens with zero attached hydrogens (tertiary/aromatic N) is 3. The Hall–Kier alpha value is -3.83. The van der Waals surface area contributed by atoms with E-state index in [0.29, 0.717) is 35.1 Å². The van der Waals surface area contributed by atoms with E-state index in [0.717, 1.165) is 29.4 Å². The van der Waals surface area contributed by atoms with E-state index in [1.54, 1.807) is 18.3 Å². The number of pyridine rings is 1. The molecule has 3 aromatic rings. The maximum atomic E-state index is 13.7. The van der Waals surface area contributed by atoms with Crippen LogP contribution in [-0.2, 0) is 0 Å². The van der Waals surface area contributed by atoms with Crippen molar-refractivity contribution >= 4 is 22.3 Å². The SMILES string of the molecule is [2H][C@@](Nc1ccc2ncc(C#N)c(NCC(C)(C)C)c2c1)(C1=CN(C2CC2)NN1)c1ccc(F)cc1. The van der Waals surface area contributed by atoms with Gasteiger partial charge in [-0.1, -0.05) is 32.9 Å². The smallest absolute Gasteiger partial charge is 0.123 e. The minimum Gasteiger partial charge on any atom is -0.383 e. The number of fused-ring (bicyclic) bond motifs is 1. The van der Waals surface area contributed by atoms with Crippen molar-refractivity contribution in [3.05, 3.63) is 77.5 Å². The van der Waals surface area contributed by atoms with Crippen molar-refractivity contribution in [2.24, 2.45) is 5.41 Å². The third-order valence-electron chi connectivity index (χ3n) is 5.98. The second-order valence-corrected chi connectivity index (χ2v) is 10.2. The number of anilines is 2. The van der Waals surface area contributed by atoms with Crippen LogP contribution in [0.25, 0.3) is 10.9 Å². The molecule has 0 bridgehead atoms. The molecule has 0 saturated heterocycles. The molecule has 35 heavy (non-hydrogen) atoms. The first-order chi connectivity index (χ1) is 17.2. The van der Waals surface area contributed by atoms with Crippen molar-refractivity contribution < 1.29 is 5.76 Å². The van der Waals surface area contributed by atoms with Gasteiger partial charge in [0.1, 0.15) is 11.9 Å². The number of halogens is 1. The summed E-state index contributed by atoms with van der Waals surface area (Å²) in [5.41, 5.74) is 10.0. The number of rotatable bonds is 7. The van der Waals surface area contributed by atoms with Gasteiger partial charge in [-0.2, -0.15) is 5.26 Å². The molecule has 1 aromatic heterocycles. The van der Waals surface area contributed by atoms with E-state index in [-0.39, 0.29) is 11.2 Å². The Bertz CT molecular complexity index is 1360. The summed E-state index contributed by atoms with van der Waals surface area (Å²) in [4.78, 5) is 4.46. The number of benzene rings is 2. The zero-order valence-corrected chi connectivity index (χ0v) is 20.1. The fourth-order valence-electron chi connectivity index (χ4n) is 3.96. The van der Waals surface area contributed by atoms with Gasteiger partial charge in [-0.05, 0) is 54.2 Å². The molecular formula is C27H30FN7. The predicted molar refractivity (Wildman–Crippen MR) is 136 cm³/mol. The minimum atomic E-state index is -1.43. The normalized spacial score (nSPS) is 17.7. The quantitative estimate of drug-likeness (QED) is 0.377. The molecule has 1 atom stereocenters. The van der Waals surface area contributed by atoms with Gasteiger partial charge in [-0.15, -0.1) is 5.53 Å². The first kappa shape index (κ1) is 21.7. The average Bonchev–Trinajstić information content (AvgIpc) is 3.57. The Kier molecular flexibility index (Phi) is 5.63. The lowest BCUT2D eigenvalue weighted by molar-refractivity contribution is 0.260. The molecule has 0 amide bonds. The average molecular weight is 473 g/mol. The van der Waals surface area contributed by atoms with Crippen LogP contribution in [0.15, 0.2) is 60.6 Å². The van der Waals surface area contributed by atoms with Gasteiger partial charge in [0.15, 0.2) is 0 Å². The van der Waals surface area contributed by atoms with Crippen LogP contribution in [0.2, 0.25) is 0 Å². The lowest BCUT2D eigenvalue weighted by Gasteiger charge is -2.23. The Morgan fingerprint density at radius 3 is 2.71 bits per heavy atom. The number of aromatic nitrogens is 1. The minimum absolute atomic E-state index is 0.0120. The van der Waals surface area contributed by atoms with Crippen molar-refractivity contribution in [2.45, 2.75) is 45.7 Å². The number of hydrazine groups is 2. The second kappa shape index (κ2) is 9.08. The van der Waals surface area contributed by atoms with Crippen LogP contribution in [0.5, 0.6) is 0 Å². The molecule has 1 fully saturated rings. The summed E-state index contributed by atoms with van der Waals surface area (Å²) in [6, 6.07) is 12.8. The van der Waals surface area contributed by atoms with Gasteiger partial charge in [0.05, 0.1) is 29.9 Å². The summed E-state index contributed by atoms with van der Waals surface area (Å²) in [7, 11) is 0. The zero-order chi connectivity index (χ0) is 25.5. The molecule has 1 aliphatic heterocycles. The molecule has 2 aromatic carbocycles. The van der Waals surface area contributed by atoms with E-state index in [9.17, 15) is 11.0 Å². The van der Waals surface area contributed by atoms with Crippen LogP contribution in [-0.4, -0.2) is 22.6 Å². The molecule has 1 aliphatic carbocycles. The van der Waals surface area contributed by atoms with Gasteiger partial charge >= 0.3 is 0 Å². The first-order valence-corrected chi connectivity index (χ1v) is 11.8. The number of nitrogens with one attached hydrogen (secondary N) is 4. The van der Waals surface area contributed by atoms with Crippen molar-refractivity contribution in [3.8, 4) is 6.07 Å². The van der Waals surface area contributed by atoms with Gasteiger partial charge in [-0.3, -0.25) is 9.99 Å². The maximum Gasteiger partial charge on any atom is 0.123 e. The van der Waals surface area contributed by atoms with Crippen molar-refractivity contribution in [3.63, 3.8) is 0 Å². The lowest BCUT2D eigenvalue weighted by Crippen LogP contribution is -2.38. The third-order valence-corrected chi connectivity index (χ3v) is 5.98. The highest BCUT2D eigenvalue weighted by molar-refractivity contribution is 5.96. The Labute approximate surface area is 206 Å². The molecule has 7 nitrogen and oxygen atoms in total. The molecular weight excluding hydrogens is 441 g/mol. The maximum absolute atomic E-state index is 13.7. The fourth-order valence-corrected chi connectivity index (χ4v) is 3.96. The summed E-state index contributed by atoms with van der Waals surface area (Å²) in [6.07, 6.45) is 5.67. The number of nitriles is 1. The molecule has 5 rings (SSSR count). The monoisotopic (exact) mass is 472 g/mol. The van der Waals surface area contributed by atoms with E-state index < -0.39 is 6.02 Å².